The Bertz CT molecular complexity index is 674. The van der Waals surface area contributed by atoms with Crippen molar-refractivity contribution in [3.63, 3.8) is 0 Å². The van der Waals surface area contributed by atoms with Crippen LogP contribution in [0.25, 0.3) is 0 Å². The number of nitrogens with one attached hydrogen (secondary N) is 1. The van der Waals surface area contributed by atoms with Gasteiger partial charge >= 0.3 is 11.9 Å². The van der Waals surface area contributed by atoms with Gasteiger partial charge in [-0.1, -0.05) is 23.2 Å². The molecule has 0 saturated carbocycles. The molecule has 0 amide bonds. The molecule has 1 N–H and O–H groups in total. The number of halogens is 2. The molecule has 23 heavy (non-hydrogen) atoms. The third-order valence-corrected chi connectivity index (χ3v) is 4.64. The second kappa shape index (κ2) is 8.49. The van der Waals surface area contributed by atoms with Gasteiger partial charge in [-0.2, -0.15) is 4.72 Å². The standard InChI is InChI=1S/C13H15Cl2NO6S/c1-3-21-12(17)11(13(18)22-4-2)16-23(19,20)10-7-8(14)5-6-9(10)15/h5-7,11,16H,3-4H2,1-2H3. The minimum absolute atomic E-state index is 0.0333. The fourth-order valence-corrected chi connectivity index (χ4v) is 3.44. The Hall–Kier alpha value is -1.35. The van der Waals surface area contributed by atoms with E-state index in [2.05, 4.69) is 9.47 Å². The summed E-state index contributed by atoms with van der Waals surface area (Å²) in [6.45, 7) is 2.97. The van der Waals surface area contributed by atoms with Gasteiger partial charge in [-0.25, -0.2) is 18.0 Å². The predicted molar refractivity (Wildman–Crippen MR) is 83.8 cm³/mol. The lowest BCUT2D eigenvalue weighted by Gasteiger charge is -2.16. The van der Waals surface area contributed by atoms with Crippen LogP contribution in [0.4, 0.5) is 0 Å². The van der Waals surface area contributed by atoms with Crippen LogP contribution in [0.2, 0.25) is 10.0 Å². The van der Waals surface area contributed by atoms with Crippen LogP contribution in [-0.2, 0) is 29.1 Å². The van der Waals surface area contributed by atoms with Crippen molar-refractivity contribution in [3.8, 4) is 0 Å². The first kappa shape index (κ1) is 19.7. The topological polar surface area (TPSA) is 98.8 Å². The number of ether oxygens (including phenoxy) is 2. The lowest BCUT2D eigenvalue weighted by molar-refractivity contribution is -0.157. The number of hydrogen-bond acceptors (Lipinski definition) is 6. The number of sulfonamides is 1. The van der Waals surface area contributed by atoms with E-state index in [1.807, 2.05) is 4.72 Å². The SMILES string of the molecule is CCOC(=O)C(NS(=O)(=O)c1cc(Cl)ccc1Cl)C(=O)OCC. The number of carbonyl (C=O) groups excluding carboxylic acids is 2. The van der Waals surface area contributed by atoms with Gasteiger partial charge in [0.15, 0.2) is 0 Å². The minimum Gasteiger partial charge on any atom is -0.464 e. The summed E-state index contributed by atoms with van der Waals surface area (Å²) in [5, 5.41) is 0.00645. The van der Waals surface area contributed by atoms with Crippen LogP contribution in [0.5, 0.6) is 0 Å². The Balaban J connectivity index is 3.17. The zero-order valence-corrected chi connectivity index (χ0v) is 14.7. The Kier molecular flexibility index (Phi) is 7.27. The molecule has 0 aliphatic rings. The van der Waals surface area contributed by atoms with Crippen molar-refractivity contribution in [2.75, 3.05) is 13.2 Å². The first-order valence-corrected chi connectivity index (χ1v) is 8.77. The molecule has 0 atom stereocenters. The zero-order valence-electron chi connectivity index (χ0n) is 12.3. The van der Waals surface area contributed by atoms with Crippen molar-refractivity contribution in [1.29, 1.82) is 0 Å². The summed E-state index contributed by atoms with van der Waals surface area (Å²) < 4.78 is 36.0. The van der Waals surface area contributed by atoms with E-state index in [1.54, 1.807) is 0 Å². The Morgan fingerprint density at radius 3 is 2.13 bits per heavy atom. The Morgan fingerprint density at radius 1 is 1.13 bits per heavy atom. The Labute approximate surface area is 143 Å². The van der Waals surface area contributed by atoms with Gasteiger partial charge in [0.25, 0.3) is 0 Å². The predicted octanol–water partition coefficient (Wildman–Crippen LogP) is 1.77. The molecule has 10 heteroatoms. The monoisotopic (exact) mass is 383 g/mol. The number of rotatable bonds is 7. The van der Waals surface area contributed by atoms with Crippen molar-refractivity contribution < 1.29 is 27.5 Å². The van der Waals surface area contributed by atoms with Crippen LogP contribution >= 0.6 is 23.2 Å². The summed E-state index contributed by atoms with van der Waals surface area (Å²) >= 11 is 11.6. The second-order valence-corrected chi connectivity index (χ2v) is 6.66. The second-order valence-electron chi connectivity index (χ2n) is 4.13. The smallest absolute Gasteiger partial charge is 0.335 e. The van der Waals surface area contributed by atoms with Crippen LogP contribution < -0.4 is 4.72 Å². The lowest BCUT2D eigenvalue weighted by atomic mass is 10.3. The molecule has 0 spiro atoms. The molecule has 7 nitrogen and oxygen atoms in total. The van der Waals surface area contributed by atoms with Gasteiger partial charge < -0.3 is 9.47 Å². The zero-order chi connectivity index (χ0) is 17.6. The molecule has 0 radical (unpaired) electrons. The van der Waals surface area contributed by atoms with Crippen molar-refractivity contribution in [1.82, 2.24) is 4.72 Å². The maximum absolute atomic E-state index is 12.4. The van der Waals surface area contributed by atoms with Gasteiger partial charge in [0, 0.05) is 5.02 Å². The van der Waals surface area contributed by atoms with E-state index < -0.39 is 28.0 Å². The fourth-order valence-electron chi connectivity index (χ4n) is 1.55. The number of hydrogen-bond donors (Lipinski definition) is 1. The lowest BCUT2D eigenvalue weighted by Crippen LogP contribution is -2.48. The van der Waals surface area contributed by atoms with Gasteiger partial charge in [-0.15, -0.1) is 0 Å². The largest absolute Gasteiger partial charge is 0.464 e. The summed E-state index contributed by atoms with van der Waals surface area (Å²) in [6.07, 6.45) is 0. The van der Waals surface area contributed by atoms with Crippen molar-refractivity contribution in [2.24, 2.45) is 0 Å². The molecule has 0 bridgehead atoms. The summed E-state index contributed by atoms with van der Waals surface area (Å²) in [5.41, 5.74) is 0. The quantitative estimate of drug-likeness (QED) is 0.568. The molecular weight excluding hydrogens is 369 g/mol. The van der Waals surface area contributed by atoms with Crippen molar-refractivity contribution in [3.05, 3.63) is 28.2 Å². The van der Waals surface area contributed by atoms with Crippen LogP contribution in [0.15, 0.2) is 23.1 Å². The first-order valence-electron chi connectivity index (χ1n) is 6.53. The first-order chi connectivity index (χ1) is 10.7. The molecular formula is C13H15Cl2NO6S. The highest BCUT2D eigenvalue weighted by atomic mass is 35.5. The molecule has 0 saturated heterocycles. The maximum Gasteiger partial charge on any atom is 0.335 e. The van der Waals surface area contributed by atoms with E-state index in [9.17, 15) is 18.0 Å². The summed E-state index contributed by atoms with van der Waals surface area (Å²) in [4.78, 5) is 23.3. The summed E-state index contributed by atoms with van der Waals surface area (Å²) in [7, 11) is -4.31. The number of benzene rings is 1. The van der Waals surface area contributed by atoms with Gasteiger partial charge in [-0.3, -0.25) is 0 Å². The van der Waals surface area contributed by atoms with E-state index in [4.69, 9.17) is 23.2 Å². The summed E-state index contributed by atoms with van der Waals surface area (Å²) in [6, 6.07) is 1.94. The highest BCUT2D eigenvalue weighted by Gasteiger charge is 2.35. The molecule has 0 aliphatic carbocycles. The molecule has 0 unspecified atom stereocenters. The van der Waals surface area contributed by atoms with E-state index in [0.29, 0.717) is 0 Å². The highest BCUT2D eigenvalue weighted by Crippen LogP contribution is 2.25. The highest BCUT2D eigenvalue weighted by molar-refractivity contribution is 7.89. The third kappa shape index (κ3) is 5.35. The molecule has 1 aromatic carbocycles. The van der Waals surface area contributed by atoms with Crippen LogP contribution in [0.1, 0.15) is 13.8 Å². The van der Waals surface area contributed by atoms with Crippen LogP contribution in [0.3, 0.4) is 0 Å². The molecule has 128 valence electrons. The van der Waals surface area contributed by atoms with Crippen LogP contribution in [0, 0.1) is 0 Å². The Morgan fingerprint density at radius 2 is 1.65 bits per heavy atom. The molecule has 1 aromatic rings. The average molecular weight is 384 g/mol. The van der Waals surface area contributed by atoms with Gasteiger partial charge in [0.1, 0.15) is 4.90 Å². The van der Waals surface area contributed by atoms with E-state index in [1.165, 1.54) is 26.0 Å². The average Bonchev–Trinajstić information content (AvgIpc) is 2.47. The fraction of sp³-hybridized carbons (Fsp3) is 0.385. The van der Waals surface area contributed by atoms with E-state index in [0.717, 1.165) is 6.07 Å². The van der Waals surface area contributed by atoms with Crippen LogP contribution in [-0.4, -0.2) is 39.6 Å². The van der Waals surface area contributed by atoms with E-state index in [-0.39, 0.29) is 28.2 Å². The minimum atomic E-state index is -4.31. The normalized spacial score (nSPS) is 11.3. The van der Waals surface area contributed by atoms with Crippen molar-refractivity contribution in [2.45, 2.75) is 24.8 Å². The van der Waals surface area contributed by atoms with E-state index >= 15 is 0 Å². The van der Waals surface area contributed by atoms with Crippen molar-refractivity contribution >= 4 is 45.2 Å². The number of carbonyl (C=O) groups is 2. The van der Waals surface area contributed by atoms with Gasteiger partial charge in [0.2, 0.25) is 16.1 Å². The molecule has 0 aromatic heterocycles. The van der Waals surface area contributed by atoms with Gasteiger partial charge in [-0.05, 0) is 32.0 Å². The summed E-state index contributed by atoms with van der Waals surface area (Å²) in [5.74, 6) is -2.15. The molecule has 1 rings (SSSR count). The van der Waals surface area contributed by atoms with Gasteiger partial charge in [0.05, 0.1) is 18.2 Å². The molecule has 0 fully saturated rings. The number of esters is 2. The maximum atomic E-state index is 12.4. The molecule has 0 aliphatic heterocycles. The third-order valence-electron chi connectivity index (χ3n) is 2.50. The molecule has 0 heterocycles.